The summed E-state index contributed by atoms with van der Waals surface area (Å²) in [5.74, 6) is -0.396. The second-order valence-electron chi connectivity index (χ2n) is 5.18. The maximum Gasteiger partial charge on any atom is 0.258 e. The van der Waals surface area contributed by atoms with Crippen LogP contribution in [0.25, 0.3) is 0 Å². The first-order chi connectivity index (χ1) is 10.2. The number of carbonyl (C=O) groups is 1. The van der Waals surface area contributed by atoms with Crippen molar-refractivity contribution in [3.63, 3.8) is 0 Å². The van der Waals surface area contributed by atoms with Crippen LogP contribution in [0.3, 0.4) is 0 Å². The highest BCUT2D eigenvalue weighted by Gasteiger charge is 2.27. The van der Waals surface area contributed by atoms with Crippen molar-refractivity contribution in [3.05, 3.63) is 65.0 Å². The van der Waals surface area contributed by atoms with Crippen LogP contribution >= 0.6 is 0 Å². The number of hydrogen-bond acceptors (Lipinski definition) is 2. The molecule has 2 aromatic rings. The molecular weight excluding hydrogens is 267 g/mol. The Labute approximate surface area is 123 Å². The third kappa shape index (κ3) is 2.54. The molecule has 3 rings (SSSR count). The standard InChI is InChI=1S/C17H17FN2O/c18-14-6-5-13-8-10-20(16(13)11-14)17(21)15-4-2-1-3-12(15)7-9-19/h1-6,11H,7-10,19H2. The molecule has 0 radical (unpaired) electrons. The molecule has 108 valence electrons. The average molecular weight is 284 g/mol. The molecule has 21 heavy (non-hydrogen) atoms. The SMILES string of the molecule is NCCc1ccccc1C(=O)N1CCc2ccc(F)cc21. The van der Waals surface area contributed by atoms with Crippen LogP contribution in [0, 0.1) is 5.82 Å². The minimum absolute atomic E-state index is 0.0802. The predicted molar refractivity (Wildman–Crippen MR) is 81.0 cm³/mol. The minimum Gasteiger partial charge on any atom is -0.330 e. The molecule has 0 saturated heterocycles. The van der Waals surface area contributed by atoms with Crippen LogP contribution in [-0.2, 0) is 12.8 Å². The molecule has 3 nitrogen and oxygen atoms in total. The number of benzene rings is 2. The lowest BCUT2D eigenvalue weighted by Crippen LogP contribution is -2.30. The van der Waals surface area contributed by atoms with Crippen molar-refractivity contribution in [2.45, 2.75) is 12.8 Å². The summed E-state index contributed by atoms with van der Waals surface area (Å²) in [6.07, 6.45) is 1.42. The number of nitrogens with two attached hydrogens (primary N) is 1. The highest BCUT2D eigenvalue weighted by atomic mass is 19.1. The molecule has 0 atom stereocenters. The Kier molecular flexibility index (Phi) is 3.71. The van der Waals surface area contributed by atoms with Crippen molar-refractivity contribution in [1.82, 2.24) is 0 Å². The summed E-state index contributed by atoms with van der Waals surface area (Å²) in [7, 11) is 0. The van der Waals surface area contributed by atoms with Gasteiger partial charge in [-0.3, -0.25) is 4.79 Å². The molecule has 4 heteroatoms. The Morgan fingerprint density at radius 3 is 2.86 bits per heavy atom. The lowest BCUT2D eigenvalue weighted by molar-refractivity contribution is 0.0988. The molecule has 0 unspecified atom stereocenters. The van der Waals surface area contributed by atoms with Gasteiger partial charge in [0.2, 0.25) is 0 Å². The molecule has 0 aliphatic carbocycles. The summed E-state index contributed by atoms with van der Waals surface area (Å²) in [4.78, 5) is 14.4. The zero-order valence-corrected chi connectivity index (χ0v) is 11.7. The Bertz CT molecular complexity index is 684. The second kappa shape index (κ2) is 5.66. The molecule has 0 bridgehead atoms. The van der Waals surface area contributed by atoms with E-state index in [-0.39, 0.29) is 11.7 Å². The first-order valence-corrected chi connectivity index (χ1v) is 7.09. The van der Waals surface area contributed by atoms with Crippen molar-refractivity contribution < 1.29 is 9.18 Å². The number of amides is 1. The molecule has 0 spiro atoms. The Morgan fingerprint density at radius 1 is 1.24 bits per heavy atom. The number of nitrogens with zero attached hydrogens (tertiary/aromatic N) is 1. The molecular formula is C17H17FN2O. The number of rotatable bonds is 3. The highest BCUT2D eigenvalue weighted by Crippen LogP contribution is 2.30. The van der Waals surface area contributed by atoms with Gasteiger partial charge in [-0.15, -0.1) is 0 Å². The number of hydrogen-bond donors (Lipinski definition) is 1. The van der Waals surface area contributed by atoms with E-state index < -0.39 is 0 Å². The van der Waals surface area contributed by atoms with Crippen molar-refractivity contribution >= 4 is 11.6 Å². The summed E-state index contributed by atoms with van der Waals surface area (Å²) in [5.41, 5.74) is 8.90. The molecule has 1 heterocycles. The van der Waals surface area contributed by atoms with Gasteiger partial charge >= 0.3 is 0 Å². The van der Waals surface area contributed by atoms with Crippen molar-refractivity contribution in [3.8, 4) is 0 Å². The van der Waals surface area contributed by atoms with E-state index in [0.717, 1.165) is 17.5 Å². The predicted octanol–water partition coefficient (Wildman–Crippen LogP) is 2.53. The summed E-state index contributed by atoms with van der Waals surface area (Å²) >= 11 is 0. The van der Waals surface area contributed by atoms with Crippen molar-refractivity contribution in [2.75, 3.05) is 18.0 Å². The summed E-state index contributed by atoms with van der Waals surface area (Å²) in [6, 6.07) is 12.1. The van der Waals surface area contributed by atoms with Gasteiger partial charge in [-0.25, -0.2) is 4.39 Å². The molecule has 0 fully saturated rings. The van der Waals surface area contributed by atoms with Crippen LogP contribution in [0.2, 0.25) is 0 Å². The van der Waals surface area contributed by atoms with Crippen LogP contribution in [0.5, 0.6) is 0 Å². The smallest absolute Gasteiger partial charge is 0.258 e. The van der Waals surface area contributed by atoms with E-state index in [0.29, 0.717) is 30.8 Å². The normalized spacial score (nSPS) is 13.3. The number of halogens is 1. The summed E-state index contributed by atoms with van der Waals surface area (Å²) in [5, 5.41) is 0. The van der Waals surface area contributed by atoms with Gasteiger partial charge < -0.3 is 10.6 Å². The van der Waals surface area contributed by atoms with Gasteiger partial charge in [0, 0.05) is 12.1 Å². The van der Waals surface area contributed by atoms with Gasteiger partial charge in [0.05, 0.1) is 5.69 Å². The fourth-order valence-electron chi connectivity index (χ4n) is 2.81. The number of carbonyl (C=O) groups excluding carboxylic acids is 1. The van der Waals surface area contributed by atoms with Crippen molar-refractivity contribution in [1.29, 1.82) is 0 Å². The molecule has 0 saturated carbocycles. The quantitative estimate of drug-likeness (QED) is 0.941. The van der Waals surface area contributed by atoms with Gasteiger partial charge in [0.1, 0.15) is 5.82 Å². The molecule has 1 amide bonds. The molecule has 1 aliphatic heterocycles. The summed E-state index contributed by atoms with van der Waals surface area (Å²) in [6.45, 7) is 1.09. The first kappa shape index (κ1) is 13.8. The Morgan fingerprint density at radius 2 is 2.05 bits per heavy atom. The topological polar surface area (TPSA) is 46.3 Å². The van der Waals surface area contributed by atoms with Crippen LogP contribution in [0.4, 0.5) is 10.1 Å². The minimum atomic E-state index is -0.316. The highest BCUT2D eigenvalue weighted by molar-refractivity contribution is 6.08. The molecule has 2 aromatic carbocycles. The van der Waals surface area contributed by atoms with Gasteiger partial charge in [-0.2, -0.15) is 0 Å². The monoisotopic (exact) mass is 284 g/mol. The van der Waals surface area contributed by atoms with Crippen LogP contribution in [0.1, 0.15) is 21.5 Å². The van der Waals surface area contributed by atoms with E-state index in [4.69, 9.17) is 5.73 Å². The zero-order chi connectivity index (χ0) is 14.8. The third-order valence-electron chi connectivity index (χ3n) is 3.85. The lowest BCUT2D eigenvalue weighted by Gasteiger charge is -2.19. The van der Waals surface area contributed by atoms with Crippen molar-refractivity contribution in [2.24, 2.45) is 5.73 Å². The Hall–Kier alpha value is -2.20. The van der Waals surface area contributed by atoms with Gasteiger partial charge in [0.15, 0.2) is 0 Å². The van der Waals surface area contributed by atoms with Crippen LogP contribution in [-0.4, -0.2) is 19.0 Å². The van der Waals surface area contributed by atoms with E-state index in [1.54, 1.807) is 11.0 Å². The maximum atomic E-state index is 13.4. The van der Waals surface area contributed by atoms with E-state index in [9.17, 15) is 9.18 Å². The summed E-state index contributed by atoms with van der Waals surface area (Å²) < 4.78 is 13.4. The molecule has 1 aliphatic rings. The van der Waals surface area contributed by atoms with Gasteiger partial charge in [-0.05, 0) is 48.7 Å². The number of fused-ring (bicyclic) bond motifs is 1. The van der Waals surface area contributed by atoms with Gasteiger partial charge in [0.25, 0.3) is 5.91 Å². The number of anilines is 1. The zero-order valence-electron chi connectivity index (χ0n) is 11.7. The second-order valence-corrected chi connectivity index (χ2v) is 5.18. The van der Waals surface area contributed by atoms with E-state index >= 15 is 0 Å². The molecule has 2 N–H and O–H groups in total. The fourth-order valence-corrected chi connectivity index (χ4v) is 2.81. The fraction of sp³-hybridized carbons (Fsp3) is 0.235. The Balaban J connectivity index is 1.96. The van der Waals surface area contributed by atoms with Crippen LogP contribution in [0.15, 0.2) is 42.5 Å². The van der Waals surface area contributed by atoms with Crippen LogP contribution < -0.4 is 10.6 Å². The van der Waals surface area contributed by atoms with E-state index in [1.807, 2.05) is 24.3 Å². The molecule has 0 aromatic heterocycles. The average Bonchev–Trinajstić information content (AvgIpc) is 2.90. The first-order valence-electron chi connectivity index (χ1n) is 7.09. The lowest BCUT2D eigenvalue weighted by atomic mass is 10.0. The third-order valence-corrected chi connectivity index (χ3v) is 3.85. The maximum absolute atomic E-state index is 13.4. The van der Waals surface area contributed by atoms with E-state index in [1.165, 1.54) is 12.1 Å². The van der Waals surface area contributed by atoms with E-state index in [2.05, 4.69) is 0 Å². The van der Waals surface area contributed by atoms with Gasteiger partial charge in [-0.1, -0.05) is 24.3 Å². The largest absolute Gasteiger partial charge is 0.330 e.